The third-order valence-electron chi connectivity index (χ3n) is 4.70. The van der Waals surface area contributed by atoms with Crippen LogP contribution >= 0.6 is 0 Å². The van der Waals surface area contributed by atoms with Crippen molar-refractivity contribution in [2.24, 2.45) is 7.05 Å². The maximum Gasteiger partial charge on any atom is 0.316 e. The van der Waals surface area contributed by atoms with Crippen molar-refractivity contribution >= 4 is 22.3 Å². The Morgan fingerprint density at radius 2 is 1.90 bits per heavy atom. The van der Waals surface area contributed by atoms with Crippen molar-refractivity contribution in [1.29, 1.82) is 0 Å². The van der Waals surface area contributed by atoms with Crippen LogP contribution in [-0.4, -0.2) is 31.1 Å². The van der Waals surface area contributed by atoms with Crippen LogP contribution in [0.2, 0.25) is 0 Å². The van der Waals surface area contributed by atoms with Crippen LogP contribution in [0.4, 0.5) is 11.5 Å². The summed E-state index contributed by atoms with van der Waals surface area (Å²) in [6.45, 7) is 1.15. The minimum atomic E-state index is 0.387. The molecule has 0 unspecified atom stereocenters. The Morgan fingerprint density at radius 3 is 2.69 bits per heavy atom. The highest BCUT2D eigenvalue weighted by Gasteiger charge is 2.05. The van der Waals surface area contributed by atoms with Crippen LogP contribution in [-0.2, 0) is 20.0 Å². The van der Waals surface area contributed by atoms with Gasteiger partial charge in [-0.15, -0.1) is 0 Å². The monoisotopic (exact) mass is 389 g/mol. The van der Waals surface area contributed by atoms with E-state index in [0.717, 1.165) is 40.7 Å². The topological polar surface area (TPSA) is 104 Å². The van der Waals surface area contributed by atoms with Crippen LogP contribution in [0, 0.1) is 0 Å². The Labute approximate surface area is 168 Å². The van der Waals surface area contributed by atoms with Gasteiger partial charge in [0.05, 0.1) is 6.61 Å². The first kappa shape index (κ1) is 18.7. The van der Waals surface area contributed by atoms with Crippen molar-refractivity contribution in [2.75, 3.05) is 17.7 Å². The Balaban J connectivity index is 1.30. The highest BCUT2D eigenvalue weighted by molar-refractivity contribution is 5.99. The molecule has 3 aromatic heterocycles. The molecule has 0 saturated carbocycles. The Bertz CT molecular complexity index is 1090. The van der Waals surface area contributed by atoms with E-state index in [1.165, 1.54) is 0 Å². The molecule has 148 valence electrons. The van der Waals surface area contributed by atoms with Crippen molar-refractivity contribution in [2.45, 2.75) is 19.4 Å². The number of hydrogen-bond acceptors (Lipinski definition) is 7. The first-order valence-corrected chi connectivity index (χ1v) is 9.48. The van der Waals surface area contributed by atoms with Crippen LogP contribution in [0.25, 0.3) is 10.8 Å². The molecule has 8 heteroatoms. The molecule has 3 heterocycles. The highest BCUT2D eigenvalue weighted by Crippen LogP contribution is 2.26. The minimum Gasteiger partial charge on any atom is -0.463 e. The Morgan fingerprint density at radius 1 is 1.03 bits per heavy atom. The fourth-order valence-corrected chi connectivity index (χ4v) is 3.12. The number of aromatic nitrogens is 5. The molecule has 3 N–H and O–H groups in total. The lowest BCUT2D eigenvalue weighted by atomic mass is 10.1. The standard InChI is InChI=1S/C21H23N7O/c1-28-10-9-23-19(28)6-3-11-29-21-26-13-15(14-27-21)12-25-18-5-2-4-17-16(18)7-8-24-20(17)22/h2,4-5,7-10,13-14,25H,3,6,11-12H2,1H3,(H2,22,24). The van der Waals surface area contributed by atoms with Gasteiger partial charge in [-0.25, -0.2) is 19.9 Å². The molecule has 0 aliphatic rings. The van der Waals surface area contributed by atoms with Crippen molar-refractivity contribution < 1.29 is 4.74 Å². The number of imidazole rings is 1. The molecule has 0 saturated heterocycles. The fraction of sp³-hybridized carbons (Fsp3) is 0.238. The second-order valence-electron chi connectivity index (χ2n) is 6.73. The summed E-state index contributed by atoms with van der Waals surface area (Å²) in [6, 6.07) is 8.28. The quantitative estimate of drug-likeness (QED) is 0.447. The molecule has 0 bridgehead atoms. The second kappa shape index (κ2) is 8.55. The summed E-state index contributed by atoms with van der Waals surface area (Å²) >= 11 is 0. The average molecular weight is 389 g/mol. The maximum absolute atomic E-state index is 5.96. The molecule has 0 aliphatic carbocycles. The van der Waals surface area contributed by atoms with E-state index in [1.807, 2.05) is 42.1 Å². The molecule has 0 atom stereocenters. The summed E-state index contributed by atoms with van der Waals surface area (Å²) in [6.07, 6.45) is 10.7. The summed E-state index contributed by atoms with van der Waals surface area (Å²) in [7, 11) is 1.99. The van der Waals surface area contributed by atoms with E-state index in [1.54, 1.807) is 24.8 Å². The summed E-state index contributed by atoms with van der Waals surface area (Å²) in [5.74, 6) is 1.57. The van der Waals surface area contributed by atoms with Gasteiger partial charge in [0.1, 0.15) is 11.6 Å². The van der Waals surface area contributed by atoms with Gasteiger partial charge in [-0.1, -0.05) is 12.1 Å². The molecule has 4 aromatic rings. The number of nitrogens with zero attached hydrogens (tertiary/aromatic N) is 5. The van der Waals surface area contributed by atoms with E-state index in [0.29, 0.717) is 25.0 Å². The summed E-state index contributed by atoms with van der Waals surface area (Å²) in [5, 5.41) is 5.38. The largest absolute Gasteiger partial charge is 0.463 e. The molecule has 1 aromatic carbocycles. The number of nitrogens with one attached hydrogen (secondary N) is 1. The number of benzene rings is 1. The van der Waals surface area contributed by atoms with Gasteiger partial charge in [0, 0.05) is 73.0 Å². The molecule has 0 amide bonds. The van der Waals surface area contributed by atoms with Gasteiger partial charge in [-0.05, 0) is 18.6 Å². The van der Waals surface area contributed by atoms with E-state index in [4.69, 9.17) is 10.5 Å². The smallest absolute Gasteiger partial charge is 0.316 e. The molecule has 29 heavy (non-hydrogen) atoms. The van der Waals surface area contributed by atoms with Crippen LogP contribution in [0.1, 0.15) is 17.8 Å². The van der Waals surface area contributed by atoms with Crippen molar-refractivity contribution in [1.82, 2.24) is 24.5 Å². The van der Waals surface area contributed by atoms with Crippen LogP contribution in [0.5, 0.6) is 6.01 Å². The van der Waals surface area contributed by atoms with Crippen molar-refractivity contribution in [3.8, 4) is 6.01 Å². The number of nitrogens with two attached hydrogens (primary N) is 1. The number of hydrogen-bond donors (Lipinski definition) is 2. The predicted octanol–water partition coefficient (Wildman–Crippen LogP) is 2.96. The van der Waals surface area contributed by atoms with E-state index in [-0.39, 0.29) is 0 Å². The Hall–Kier alpha value is -3.68. The average Bonchev–Trinajstić information content (AvgIpc) is 3.15. The van der Waals surface area contributed by atoms with Crippen LogP contribution in [0.3, 0.4) is 0 Å². The van der Waals surface area contributed by atoms with Crippen LogP contribution in [0.15, 0.2) is 55.2 Å². The maximum atomic E-state index is 5.96. The van der Waals surface area contributed by atoms with Gasteiger partial charge in [0.2, 0.25) is 0 Å². The minimum absolute atomic E-state index is 0.387. The first-order chi connectivity index (χ1) is 14.2. The molecule has 8 nitrogen and oxygen atoms in total. The SMILES string of the molecule is Cn1ccnc1CCCOc1ncc(CNc2cccc3c(N)nccc23)cn1. The molecule has 0 spiro atoms. The van der Waals surface area contributed by atoms with Gasteiger partial charge in [0.25, 0.3) is 0 Å². The molecule has 0 fully saturated rings. The number of anilines is 2. The van der Waals surface area contributed by atoms with Gasteiger partial charge >= 0.3 is 6.01 Å². The summed E-state index contributed by atoms with van der Waals surface area (Å²) < 4.78 is 7.65. The lowest BCUT2D eigenvalue weighted by Crippen LogP contribution is -2.06. The molecular formula is C21H23N7O. The lowest BCUT2D eigenvalue weighted by Gasteiger charge is -2.11. The number of pyridine rings is 1. The summed E-state index contributed by atoms with van der Waals surface area (Å²) in [5.41, 5.74) is 7.91. The van der Waals surface area contributed by atoms with Gasteiger partial charge in [-0.2, -0.15) is 0 Å². The Kier molecular flexibility index (Phi) is 5.51. The molecular weight excluding hydrogens is 366 g/mol. The zero-order valence-electron chi connectivity index (χ0n) is 16.2. The zero-order chi connectivity index (χ0) is 20.1. The number of rotatable bonds is 8. The highest BCUT2D eigenvalue weighted by atomic mass is 16.5. The number of aryl methyl sites for hydroxylation is 2. The third kappa shape index (κ3) is 4.43. The number of nitrogen functional groups attached to an aromatic ring is 1. The second-order valence-corrected chi connectivity index (χ2v) is 6.73. The van der Waals surface area contributed by atoms with Gasteiger partial charge < -0.3 is 20.4 Å². The van der Waals surface area contributed by atoms with Gasteiger partial charge in [0.15, 0.2) is 0 Å². The van der Waals surface area contributed by atoms with E-state index < -0.39 is 0 Å². The number of ether oxygens (including phenoxy) is 1. The lowest BCUT2D eigenvalue weighted by molar-refractivity contribution is 0.285. The predicted molar refractivity (Wildman–Crippen MR) is 113 cm³/mol. The fourth-order valence-electron chi connectivity index (χ4n) is 3.12. The van der Waals surface area contributed by atoms with Gasteiger partial charge in [-0.3, -0.25) is 0 Å². The molecule has 4 rings (SSSR count). The van der Waals surface area contributed by atoms with Crippen molar-refractivity contribution in [3.63, 3.8) is 0 Å². The zero-order valence-corrected chi connectivity index (χ0v) is 16.2. The summed E-state index contributed by atoms with van der Waals surface area (Å²) in [4.78, 5) is 17.0. The van der Waals surface area contributed by atoms with Crippen molar-refractivity contribution in [3.05, 3.63) is 66.6 Å². The van der Waals surface area contributed by atoms with E-state index >= 15 is 0 Å². The normalized spacial score (nSPS) is 10.9. The van der Waals surface area contributed by atoms with Crippen LogP contribution < -0.4 is 15.8 Å². The first-order valence-electron chi connectivity index (χ1n) is 9.48. The van der Waals surface area contributed by atoms with E-state index in [9.17, 15) is 0 Å². The van der Waals surface area contributed by atoms with E-state index in [2.05, 4.69) is 25.3 Å². The molecule has 0 aliphatic heterocycles. The molecule has 0 radical (unpaired) electrons. The number of fused-ring (bicyclic) bond motifs is 1. The third-order valence-corrected chi connectivity index (χ3v) is 4.70.